The maximum atomic E-state index is 11.7. The quantitative estimate of drug-likeness (QED) is 0.746. The van der Waals surface area contributed by atoms with Crippen molar-refractivity contribution in [2.24, 2.45) is 0 Å². The molecule has 0 saturated carbocycles. The Kier molecular flexibility index (Phi) is 6.80. The predicted octanol–water partition coefficient (Wildman–Crippen LogP) is 4.22. The number of hydrogen-bond acceptors (Lipinski definition) is 2. The number of carbonyl (C=O) groups is 1. The molecule has 0 saturated heterocycles. The van der Waals surface area contributed by atoms with Gasteiger partial charge in [-0.25, -0.2) is 0 Å². The molecule has 0 fully saturated rings. The van der Waals surface area contributed by atoms with Crippen molar-refractivity contribution >= 4 is 21.8 Å². The zero-order valence-corrected chi connectivity index (χ0v) is 13.8. The molecule has 0 radical (unpaired) electrons. The van der Waals surface area contributed by atoms with Gasteiger partial charge in [-0.05, 0) is 50.3 Å². The van der Waals surface area contributed by atoms with Gasteiger partial charge in [0.05, 0.1) is 13.0 Å². The number of amides is 1. The van der Waals surface area contributed by atoms with E-state index in [1.165, 1.54) is 31.3 Å². The van der Waals surface area contributed by atoms with Crippen molar-refractivity contribution in [3.63, 3.8) is 0 Å². The molecule has 2 rings (SSSR count). The molecule has 1 N–H and O–H groups in total. The number of ether oxygens (including phenoxy) is 1. The van der Waals surface area contributed by atoms with Crippen molar-refractivity contribution in [2.45, 2.75) is 38.5 Å². The number of benzene rings is 1. The second-order valence-corrected chi connectivity index (χ2v) is 6.18. The van der Waals surface area contributed by atoms with Crippen LogP contribution in [0, 0.1) is 0 Å². The molecule has 1 aliphatic carbocycles. The van der Waals surface area contributed by atoms with Crippen LogP contribution in [0.1, 0.15) is 38.5 Å². The summed E-state index contributed by atoms with van der Waals surface area (Å²) in [6.07, 6.45) is 8.70. The molecule has 0 aromatic heterocycles. The van der Waals surface area contributed by atoms with Gasteiger partial charge in [-0.2, -0.15) is 0 Å². The highest BCUT2D eigenvalue weighted by Gasteiger charge is 2.05. The molecule has 0 heterocycles. The van der Waals surface area contributed by atoms with E-state index in [1.54, 1.807) is 0 Å². The van der Waals surface area contributed by atoms with Crippen LogP contribution in [0.25, 0.3) is 0 Å². The minimum Gasteiger partial charge on any atom is -0.493 e. The lowest BCUT2D eigenvalue weighted by atomic mass is 9.97. The van der Waals surface area contributed by atoms with E-state index in [0.29, 0.717) is 13.0 Å². The molecule has 0 aliphatic heterocycles. The average molecular weight is 352 g/mol. The van der Waals surface area contributed by atoms with E-state index >= 15 is 0 Å². The molecule has 1 amide bonds. The minimum absolute atomic E-state index is 0.0569. The van der Waals surface area contributed by atoms with Gasteiger partial charge in [0.1, 0.15) is 5.75 Å². The van der Waals surface area contributed by atoms with Crippen molar-refractivity contribution in [1.29, 1.82) is 0 Å². The Bertz CT molecular complexity index is 499. The molecule has 3 nitrogen and oxygen atoms in total. The summed E-state index contributed by atoms with van der Waals surface area (Å²) in [7, 11) is 0. The summed E-state index contributed by atoms with van der Waals surface area (Å²) in [6, 6.07) is 7.64. The normalized spacial score (nSPS) is 14.4. The highest BCUT2D eigenvalue weighted by molar-refractivity contribution is 9.10. The first kappa shape index (κ1) is 16.1. The Labute approximate surface area is 134 Å². The third-order valence-corrected chi connectivity index (χ3v) is 4.04. The summed E-state index contributed by atoms with van der Waals surface area (Å²) < 4.78 is 6.53. The van der Waals surface area contributed by atoms with Gasteiger partial charge in [0.2, 0.25) is 5.91 Å². The molecule has 0 unspecified atom stereocenters. The van der Waals surface area contributed by atoms with Crippen molar-refractivity contribution < 1.29 is 9.53 Å². The molecular weight excluding hydrogens is 330 g/mol. The Morgan fingerprint density at radius 2 is 2.24 bits per heavy atom. The topological polar surface area (TPSA) is 38.3 Å². The minimum atomic E-state index is 0.0569. The number of nitrogens with one attached hydrogen (secondary N) is 1. The molecule has 21 heavy (non-hydrogen) atoms. The van der Waals surface area contributed by atoms with E-state index in [0.717, 1.165) is 23.2 Å². The van der Waals surface area contributed by atoms with Crippen LogP contribution in [0.4, 0.5) is 0 Å². The second-order valence-electron chi connectivity index (χ2n) is 5.26. The van der Waals surface area contributed by atoms with Gasteiger partial charge in [0.15, 0.2) is 0 Å². The van der Waals surface area contributed by atoms with E-state index < -0.39 is 0 Å². The second kappa shape index (κ2) is 8.88. The van der Waals surface area contributed by atoms with Gasteiger partial charge in [-0.3, -0.25) is 4.79 Å². The van der Waals surface area contributed by atoms with Crippen LogP contribution in [0.15, 0.2) is 40.4 Å². The Balaban J connectivity index is 1.58. The van der Waals surface area contributed by atoms with E-state index in [-0.39, 0.29) is 5.91 Å². The fraction of sp³-hybridized carbons (Fsp3) is 0.471. The lowest BCUT2D eigenvalue weighted by Gasteiger charge is -2.13. The Morgan fingerprint density at radius 1 is 1.33 bits per heavy atom. The lowest BCUT2D eigenvalue weighted by Crippen LogP contribution is -2.26. The molecule has 114 valence electrons. The maximum Gasteiger partial charge on any atom is 0.223 e. The van der Waals surface area contributed by atoms with Gasteiger partial charge in [-0.1, -0.05) is 33.6 Å². The highest BCUT2D eigenvalue weighted by atomic mass is 79.9. The lowest BCUT2D eigenvalue weighted by molar-refractivity contribution is -0.121. The first-order valence-electron chi connectivity index (χ1n) is 7.57. The first-order chi connectivity index (χ1) is 10.2. The number of carbonyl (C=O) groups excluding carboxylic acids is 1. The Morgan fingerprint density at radius 3 is 3.00 bits per heavy atom. The zero-order chi connectivity index (χ0) is 14.9. The van der Waals surface area contributed by atoms with Crippen LogP contribution in [0.2, 0.25) is 0 Å². The van der Waals surface area contributed by atoms with Crippen LogP contribution in [-0.2, 0) is 4.79 Å². The molecule has 4 heteroatoms. The van der Waals surface area contributed by atoms with E-state index in [2.05, 4.69) is 27.3 Å². The predicted molar refractivity (Wildman–Crippen MR) is 88.4 cm³/mol. The first-order valence-corrected chi connectivity index (χ1v) is 8.36. The number of rotatable bonds is 7. The summed E-state index contributed by atoms with van der Waals surface area (Å²) in [6.45, 7) is 1.15. The van der Waals surface area contributed by atoms with Crippen LogP contribution < -0.4 is 10.1 Å². The van der Waals surface area contributed by atoms with Crippen molar-refractivity contribution in [3.05, 3.63) is 40.4 Å². The largest absolute Gasteiger partial charge is 0.493 e. The summed E-state index contributed by atoms with van der Waals surface area (Å²) in [5.41, 5.74) is 1.49. The molecular formula is C17H22BrNO2. The van der Waals surface area contributed by atoms with Crippen LogP contribution in [0.3, 0.4) is 0 Å². The molecule has 1 aliphatic rings. The van der Waals surface area contributed by atoms with Gasteiger partial charge in [-0.15, -0.1) is 0 Å². The smallest absolute Gasteiger partial charge is 0.223 e. The average Bonchev–Trinajstić information content (AvgIpc) is 2.48. The highest BCUT2D eigenvalue weighted by Crippen LogP contribution is 2.19. The van der Waals surface area contributed by atoms with Crippen LogP contribution in [-0.4, -0.2) is 19.1 Å². The van der Waals surface area contributed by atoms with Crippen LogP contribution >= 0.6 is 15.9 Å². The van der Waals surface area contributed by atoms with E-state index in [9.17, 15) is 4.79 Å². The number of allylic oxidation sites excluding steroid dienone is 1. The van der Waals surface area contributed by atoms with Gasteiger partial charge in [0, 0.05) is 11.0 Å². The third-order valence-electron chi connectivity index (χ3n) is 3.55. The van der Waals surface area contributed by atoms with E-state index in [1.807, 2.05) is 24.3 Å². The van der Waals surface area contributed by atoms with Crippen molar-refractivity contribution in [3.8, 4) is 5.75 Å². The van der Waals surface area contributed by atoms with Crippen molar-refractivity contribution in [2.75, 3.05) is 13.2 Å². The molecule has 0 bridgehead atoms. The summed E-state index contributed by atoms with van der Waals surface area (Å²) in [4.78, 5) is 11.7. The molecule has 0 spiro atoms. The summed E-state index contributed by atoms with van der Waals surface area (Å²) >= 11 is 3.39. The third kappa shape index (κ3) is 6.34. The Hall–Kier alpha value is -1.29. The van der Waals surface area contributed by atoms with Gasteiger partial charge >= 0.3 is 0 Å². The maximum absolute atomic E-state index is 11.7. The zero-order valence-electron chi connectivity index (χ0n) is 12.2. The van der Waals surface area contributed by atoms with Gasteiger partial charge in [0.25, 0.3) is 0 Å². The van der Waals surface area contributed by atoms with E-state index in [4.69, 9.17) is 4.74 Å². The van der Waals surface area contributed by atoms with Gasteiger partial charge < -0.3 is 10.1 Å². The number of hydrogen-bond donors (Lipinski definition) is 1. The summed E-state index contributed by atoms with van der Waals surface area (Å²) in [5, 5.41) is 2.96. The molecule has 1 aromatic rings. The summed E-state index contributed by atoms with van der Waals surface area (Å²) in [5.74, 6) is 0.839. The standard InChI is InChI=1S/C17H22BrNO2/c18-15-7-4-8-16(13-15)21-12-10-17(20)19-11-9-14-5-2-1-3-6-14/h4-5,7-8,13H,1-3,6,9-12H2,(H,19,20). The van der Waals surface area contributed by atoms with Crippen LogP contribution in [0.5, 0.6) is 5.75 Å². The SMILES string of the molecule is O=C(CCOc1cccc(Br)c1)NCCC1=CCCCC1. The fourth-order valence-electron chi connectivity index (χ4n) is 2.40. The monoisotopic (exact) mass is 351 g/mol. The fourth-order valence-corrected chi connectivity index (χ4v) is 2.78. The molecule has 0 atom stereocenters. The molecule has 1 aromatic carbocycles. The van der Waals surface area contributed by atoms with Crippen molar-refractivity contribution in [1.82, 2.24) is 5.32 Å². The number of halogens is 1.